The number of hydrogen-bond donors (Lipinski definition) is 3. The number of anilines is 2. The van der Waals surface area contributed by atoms with E-state index in [-0.39, 0.29) is 35.8 Å². The highest BCUT2D eigenvalue weighted by Crippen LogP contribution is 2.08. The predicted octanol–water partition coefficient (Wildman–Crippen LogP) is -2.67. The minimum atomic E-state index is -0.475. The SMILES string of the molecule is Nc1[n+]([O-])cc(N(CCO)CCO)c[n+]1[O-]. The maximum absolute atomic E-state index is 11.2. The molecule has 1 aromatic heterocycles. The second-order valence-corrected chi connectivity index (χ2v) is 3.13. The van der Waals surface area contributed by atoms with E-state index >= 15 is 0 Å². The Kier molecular flexibility index (Phi) is 4.09. The van der Waals surface area contributed by atoms with E-state index in [1.54, 1.807) is 0 Å². The highest BCUT2D eigenvalue weighted by molar-refractivity contribution is 5.39. The second kappa shape index (κ2) is 5.33. The molecule has 0 aliphatic heterocycles. The highest BCUT2D eigenvalue weighted by Gasteiger charge is 2.15. The summed E-state index contributed by atoms with van der Waals surface area (Å²) in [5.41, 5.74) is 5.48. The molecule has 16 heavy (non-hydrogen) atoms. The number of aliphatic hydroxyl groups is 2. The van der Waals surface area contributed by atoms with Gasteiger partial charge in [0.1, 0.15) is 5.69 Å². The number of aliphatic hydroxyl groups excluding tert-OH is 2. The molecule has 4 N–H and O–H groups in total. The first-order chi connectivity index (χ1) is 7.60. The van der Waals surface area contributed by atoms with Crippen molar-refractivity contribution in [3.8, 4) is 0 Å². The molecule has 0 aliphatic rings. The van der Waals surface area contributed by atoms with Crippen LogP contribution in [0.5, 0.6) is 0 Å². The van der Waals surface area contributed by atoms with Crippen molar-refractivity contribution in [2.75, 3.05) is 36.9 Å². The molecule has 8 nitrogen and oxygen atoms in total. The summed E-state index contributed by atoms with van der Waals surface area (Å²) in [5.74, 6) is -0.475. The quantitative estimate of drug-likeness (QED) is 0.374. The van der Waals surface area contributed by atoms with Gasteiger partial charge < -0.3 is 25.5 Å². The Labute approximate surface area is 91.9 Å². The van der Waals surface area contributed by atoms with Crippen molar-refractivity contribution in [1.82, 2.24) is 0 Å². The normalized spacial score (nSPS) is 10.4. The highest BCUT2D eigenvalue weighted by atomic mass is 16.5. The molecule has 1 heterocycles. The average molecular weight is 230 g/mol. The van der Waals surface area contributed by atoms with Gasteiger partial charge in [-0.3, -0.25) is 0 Å². The van der Waals surface area contributed by atoms with Crippen LogP contribution in [0.2, 0.25) is 0 Å². The Morgan fingerprint density at radius 2 is 1.56 bits per heavy atom. The molecule has 0 fully saturated rings. The fourth-order valence-corrected chi connectivity index (χ4v) is 1.28. The fourth-order valence-electron chi connectivity index (χ4n) is 1.28. The van der Waals surface area contributed by atoms with Crippen molar-refractivity contribution >= 4 is 11.6 Å². The standard InChI is InChI=1S/C8H14N4O4/c9-8-11(15)5-7(6-12(8)16)10(1-3-13)2-4-14/h5-6,13-14H,1-4,9H2. The van der Waals surface area contributed by atoms with Crippen LogP contribution >= 0.6 is 0 Å². The zero-order chi connectivity index (χ0) is 12.1. The van der Waals surface area contributed by atoms with E-state index in [1.807, 2.05) is 0 Å². The van der Waals surface area contributed by atoms with Gasteiger partial charge in [-0.1, -0.05) is 0 Å². The number of nitrogens with zero attached hydrogens (tertiary/aromatic N) is 3. The number of aromatic nitrogens is 2. The number of hydrogen-bond acceptors (Lipinski definition) is 6. The van der Waals surface area contributed by atoms with Gasteiger partial charge in [0.05, 0.1) is 13.2 Å². The molecule has 0 bridgehead atoms. The van der Waals surface area contributed by atoms with Crippen molar-refractivity contribution in [3.05, 3.63) is 22.8 Å². The van der Waals surface area contributed by atoms with E-state index in [1.165, 1.54) is 4.90 Å². The Morgan fingerprint density at radius 3 is 1.94 bits per heavy atom. The largest absolute Gasteiger partial charge is 0.675 e. The van der Waals surface area contributed by atoms with Crippen molar-refractivity contribution < 1.29 is 19.7 Å². The lowest BCUT2D eigenvalue weighted by Gasteiger charge is -2.22. The molecule has 1 aromatic rings. The van der Waals surface area contributed by atoms with Gasteiger partial charge in [-0.05, 0) is 0 Å². The van der Waals surface area contributed by atoms with Gasteiger partial charge in [0.15, 0.2) is 12.4 Å². The lowest BCUT2D eigenvalue weighted by atomic mass is 10.4. The molecule has 0 saturated carbocycles. The van der Waals surface area contributed by atoms with Crippen LogP contribution < -0.4 is 20.1 Å². The maximum atomic E-state index is 11.2. The third-order valence-corrected chi connectivity index (χ3v) is 2.06. The zero-order valence-corrected chi connectivity index (χ0v) is 8.61. The lowest BCUT2D eigenvalue weighted by Crippen LogP contribution is -2.47. The van der Waals surface area contributed by atoms with E-state index in [2.05, 4.69) is 0 Å². The van der Waals surface area contributed by atoms with Crippen LogP contribution in [0.25, 0.3) is 0 Å². The zero-order valence-electron chi connectivity index (χ0n) is 8.61. The topological polar surface area (TPSA) is 124 Å². The van der Waals surface area contributed by atoms with Gasteiger partial charge in [-0.25, -0.2) is 5.73 Å². The molecule has 0 atom stereocenters. The van der Waals surface area contributed by atoms with Crippen LogP contribution in [0.15, 0.2) is 12.4 Å². The van der Waals surface area contributed by atoms with Gasteiger partial charge in [0, 0.05) is 13.1 Å². The Balaban J connectivity index is 3.00. The average Bonchev–Trinajstić information content (AvgIpc) is 2.25. The Morgan fingerprint density at radius 1 is 1.12 bits per heavy atom. The first kappa shape index (κ1) is 12.3. The molecule has 90 valence electrons. The summed E-state index contributed by atoms with van der Waals surface area (Å²) < 4.78 is 0.480. The van der Waals surface area contributed by atoms with Crippen molar-refractivity contribution in [1.29, 1.82) is 0 Å². The van der Waals surface area contributed by atoms with Gasteiger partial charge in [-0.2, -0.15) is 0 Å². The van der Waals surface area contributed by atoms with E-state index in [0.717, 1.165) is 12.4 Å². The minimum absolute atomic E-state index is 0.151. The van der Waals surface area contributed by atoms with Crippen LogP contribution in [0.4, 0.5) is 11.6 Å². The number of rotatable bonds is 5. The maximum Gasteiger partial charge on any atom is 0.535 e. The minimum Gasteiger partial charge on any atom is -0.675 e. The molecule has 0 aromatic carbocycles. The van der Waals surface area contributed by atoms with Crippen LogP contribution in [-0.2, 0) is 0 Å². The molecule has 0 saturated heterocycles. The van der Waals surface area contributed by atoms with Crippen LogP contribution in [0.3, 0.4) is 0 Å². The van der Waals surface area contributed by atoms with E-state index in [0.29, 0.717) is 5.69 Å². The van der Waals surface area contributed by atoms with Gasteiger partial charge in [0.25, 0.3) is 0 Å². The molecule has 0 aliphatic carbocycles. The summed E-state index contributed by atoms with van der Waals surface area (Å²) in [6.07, 6.45) is 2.24. The smallest absolute Gasteiger partial charge is 0.535 e. The van der Waals surface area contributed by atoms with Gasteiger partial charge in [0.2, 0.25) is 0 Å². The summed E-state index contributed by atoms with van der Waals surface area (Å²) in [7, 11) is 0. The Bertz CT molecular complexity index is 331. The van der Waals surface area contributed by atoms with E-state index < -0.39 is 5.95 Å². The summed E-state index contributed by atoms with van der Waals surface area (Å²) in [6, 6.07) is 0. The lowest BCUT2D eigenvalue weighted by molar-refractivity contribution is -0.717. The summed E-state index contributed by atoms with van der Waals surface area (Å²) in [5, 5.41) is 40.0. The molecular formula is C8H14N4O4. The van der Waals surface area contributed by atoms with E-state index in [9.17, 15) is 10.4 Å². The summed E-state index contributed by atoms with van der Waals surface area (Å²) >= 11 is 0. The predicted molar refractivity (Wildman–Crippen MR) is 55.2 cm³/mol. The molecular weight excluding hydrogens is 216 g/mol. The van der Waals surface area contributed by atoms with Crippen molar-refractivity contribution in [3.63, 3.8) is 0 Å². The van der Waals surface area contributed by atoms with Gasteiger partial charge in [-0.15, -0.1) is 9.46 Å². The number of nitrogens with two attached hydrogens (primary N) is 1. The van der Waals surface area contributed by atoms with Crippen molar-refractivity contribution in [2.45, 2.75) is 0 Å². The van der Waals surface area contributed by atoms with Gasteiger partial charge >= 0.3 is 5.95 Å². The van der Waals surface area contributed by atoms with Crippen LogP contribution in [-0.4, -0.2) is 36.5 Å². The first-order valence-corrected chi connectivity index (χ1v) is 4.68. The Hall–Kier alpha value is -1.80. The second-order valence-electron chi connectivity index (χ2n) is 3.13. The summed E-state index contributed by atoms with van der Waals surface area (Å²) in [6.45, 7) is 0.124. The molecule has 8 heteroatoms. The fraction of sp³-hybridized carbons (Fsp3) is 0.500. The van der Waals surface area contributed by atoms with E-state index in [4.69, 9.17) is 15.9 Å². The monoisotopic (exact) mass is 230 g/mol. The summed E-state index contributed by atoms with van der Waals surface area (Å²) in [4.78, 5) is 1.50. The molecule has 0 amide bonds. The molecule has 0 radical (unpaired) electrons. The van der Waals surface area contributed by atoms with Crippen LogP contribution in [0, 0.1) is 10.4 Å². The number of nitrogen functional groups attached to an aromatic ring is 1. The third-order valence-electron chi connectivity index (χ3n) is 2.06. The van der Waals surface area contributed by atoms with Crippen molar-refractivity contribution in [2.24, 2.45) is 0 Å². The first-order valence-electron chi connectivity index (χ1n) is 4.68. The molecule has 1 rings (SSSR count). The molecule has 0 unspecified atom stereocenters. The van der Waals surface area contributed by atoms with Crippen LogP contribution in [0.1, 0.15) is 0 Å². The molecule has 0 spiro atoms. The third kappa shape index (κ3) is 2.61.